The lowest BCUT2D eigenvalue weighted by Gasteiger charge is -2.15. The van der Waals surface area contributed by atoms with Gasteiger partial charge in [-0.1, -0.05) is 0 Å². The van der Waals surface area contributed by atoms with E-state index in [4.69, 9.17) is 14.6 Å². The Bertz CT molecular complexity index is 586. The van der Waals surface area contributed by atoms with Crippen LogP contribution < -0.4 is 4.72 Å². The molecule has 1 aromatic rings. The van der Waals surface area contributed by atoms with E-state index in [1.807, 2.05) is 0 Å². The fraction of sp³-hybridized carbons (Fsp3) is 0.545. The third-order valence-corrected chi connectivity index (χ3v) is 5.52. The maximum atomic E-state index is 12.3. The van der Waals surface area contributed by atoms with Crippen LogP contribution in [0.3, 0.4) is 0 Å². The molecule has 2 rings (SSSR count). The fourth-order valence-electron chi connectivity index (χ4n) is 1.81. The molecule has 0 spiro atoms. The Labute approximate surface area is 120 Å². The average molecular weight is 321 g/mol. The predicted molar refractivity (Wildman–Crippen MR) is 71.8 cm³/mol. The molecule has 0 atom stereocenters. The highest BCUT2D eigenvalue weighted by Crippen LogP contribution is 2.25. The summed E-state index contributed by atoms with van der Waals surface area (Å²) in [6.07, 6.45) is 0. The van der Waals surface area contributed by atoms with Gasteiger partial charge < -0.3 is 14.6 Å². The monoisotopic (exact) mass is 321 g/mol. The van der Waals surface area contributed by atoms with Crippen LogP contribution in [-0.2, 0) is 19.5 Å². The van der Waals surface area contributed by atoms with Crippen molar-refractivity contribution >= 4 is 27.3 Å². The molecule has 1 aliphatic rings. The number of nitrogens with one attached hydrogen (secondary N) is 1. The number of carboxylic acid groups (broad SMARTS) is 1. The molecule has 0 unspecified atom stereocenters. The average Bonchev–Trinajstić information content (AvgIpc) is 2.59. The van der Waals surface area contributed by atoms with Gasteiger partial charge in [-0.25, -0.2) is 17.9 Å². The zero-order valence-electron chi connectivity index (χ0n) is 10.8. The Morgan fingerprint density at radius 3 is 2.50 bits per heavy atom. The van der Waals surface area contributed by atoms with Crippen molar-refractivity contribution in [2.45, 2.75) is 17.9 Å². The van der Waals surface area contributed by atoms with E-state index in [1.54, 1.807) is 6.92 Å². The second kappa shape index (κ2) is 6.19. The summed E-state index contributed by atoms with van der Waals surface area (Å²) in [5.74, 6) is -1.14. The minimum absolute atomic E-state index is 0.00348. The van der Waals surface area contributed by atoms with Crippen LogP contribution in [0.15, 0.2) is 11.0 Å². The number of carboxylic acids is 1. The number of rotatable bonds is 4. The number of thiophene rings is 1. The summed E-state index contributed by atoms with van der Waals surface area (Å²) in [4.78, 5) is 11.3. The molecule has 0 radical (unpaired) electrons. The predicted octanol–water partition coefficient (Wildman–Crippen LogP) is 0.448. The lowest BCUT2D eigenvalue weighted by molar-refractivity contribution is 0.0702. The summed E-state index contributed by atoms with van der Waals surface area (Å²) in [5.41, 5.74) is 0. The quantitative estimate of drug-likeness (QED) is 0.835. The minimum atomic E-state index is -3.78. The molecule has 1 saturated heterocycles. The number of hydrogen-bond acceptors (Lipinski definition) is 6. The van der Waals surface area contributed by atoms with Crippen molar-refractivity contribution in [3.8, 4) is 0 Å². The van der Waals surface area contributed by atoms with Gasteiger partial charge in [-0.2, -0.15) is 0 Å². The van der Waals surface area contributed by atoms with Crippen LogP contribution in [0.1, 0.15) is 14.5 Å². The molecule has 1 aromatic heterocycles. The first-order valence-electron chi connectivity index (χ1n) is 5.91. The highest BCUT2D eigenvalue weighted by molar-refractivity contribution is 7.89. The van der Waals surface area contributed by atoms with E-state index in [2.05, 4.69) is 4.72 Å². The van der Waals surface area contributed by atoms with E-state index < -0.39 is 22.0 Å². The lowest BCUT2D eigenvalue weighted by atomic mass is 10.4. The maximum absolute atomic E-state index is 12.3. The molecule has 112 valence electrons. The fourth-order valence-corrected chi connectivity index (χ4v) is 4.44. The van der Waals surface area contributed by atoms with Crippen molar-refractivity contribution in [2.24, 2.45) is 0 Å². The first-order valence-corrected chi connectivity index (χ1v) is 8.21. The Hall–Kier alpha value is -1.00. The van der Waals surface area contributed by atoms with E-state index in [1.165, 1.54) is 6.07 Å². The minimum Gasteiger partial charge on any atom is -0.477 e. The number of hydrogen-bond donors (Lipinski definition) is 2. The summed E-state index contributed by atoms with van der Waals surface area (Å²) < 4.78 is 37.4. The smallest absolute Gasteiger partial charge is 0.345 e. The molecule has 2 N–H and O–H groups in total. The highest BCUT2D eigenvalue weighted by atomic mass is 32.2. The van der Waals surface area contributed by atoms with Crippen molar-refractivity contribution in [3.05, 3.63) is 15.8 Å². The number of sulfonamides is 1. The molecule has 9 heteroatoms. The summed E-state index contributed by atoms with van der Waals surface area (Å²) in [6, 6.07) is 0.693. The molecule has 2 heterocycles. The summed E-state index contributed by atoms with van der Waals surface area (Å²) in [5, 5.41) is 8.90. The van der Waals surface area contributed by atoms with Crippen molar-refractivity contribution in [2.75, 3.05) is 26.4 Å². The Kier molecular flexibility index (Phi) is 4.76. The zero-order chi connectivity index (χ0) is 14.8. The van der Waals surface area contributed by atoms with Crippen molar-refractivity contribution < 1.29 is 27.8 Å². The first-order chi connectivity index (χ1) is 9.40. The molecule has 20 heavy (non-hydrogen) atoms. The summed E-state index contributed by atoms with van der Waals surface area (Å²) >= 11 is 0.934. The van der Waals surface area contributed by atoms with Gasteiger partial charge in [0.2, 0.25) is 10.0 Å². The van der Waals surface area contributed by atoms with Crippen LogP contribution in [0.2, 0.25) is 0 Å². The second-order valence-electron chi connectivity index (χ2n) is 4.30. The SMILES string of the molecule is Cc1sc(C(=O)O)cc1S(=O)(=O)NC1COCCOC1. The number of aryl methyl sites for hydroxylation is 1. The molecule has 0 saturated carbocycles. The van der Waals surface area contributed by atoms with E-state index in [0.29, 0.717) is 18.1 Å². The van der Waals surface area contributed by atoms with E-state index in [9.17, 15) is 13.2 Å². The summed E-state index contributed by atoms with van der Waals surface area (Å²) in [7, 11) is -3.78. The molecular formula is C11H15NO6S2. The van der Waals surface area contributed by atoms with Crippen LogP contribution in [-0.4, -0.2) is 52.0 Å². The molecule has 1 fully saturated rings. The van der Waals surface area contributed by atoms with Crippen LogP contribution in [0.4, 0.5) is 0 Å². The van der Waals surface area contributed by atoms with Gasteiger partial charge in [0, 0.05) is 4.88 Å². The maximum Gasteiger partial charge on any atom is 0.345 e. The van der Waals surface area contributed by atoms with E-state index in [0.717, 1.165) is 11.3 Å². The molecule has 1 aliphatic heterocycles. The van der Waals surface area contributed by atoms with E-state index in [-0.39, 0.29) is 23.0 Å². The number of aromatic carboxylic acids is 1. The summed E-state index contributed by atoms with van der Waals surface area (Å²) in [6.45, 7) is 2.89. The largest absolute Gasteiger partial charge is 0.477 e. The Balaban J connectivity index is 2.19. The number of carbonyl (C=O) groups is 1. The third kappa shape index (κ3) is 3.55. The lowest BCUT2D eigenvalue weighted by Crippen LogP contribution is -2.40. The topological polar surface area (TPSA) is 102 Å². The molecule has 7 nitrogen and oxygen atoms in total. The molecule has 0 aliphatic carbocycles. The van der Waals surface area contributed by atoms with Gasteiger partial charge in [-0.15, -0.1) is 11.3 Å². The van der Waals surface area contributed by atoms with Gasteiger partial charge in [0.1, 0.15) is 4.88 Å². The highest BCUT2D eigenvalue weighted by Gasteiger charge is 2.26. The first kappa shape index (κ1) is 15.4. The van der Waals surface area contributed by atoms with E-state index >= 15 is 0 Å². The van der Waals surface area contributed by atoms with Gasteiger partial charge in [0.15, 0.2) is 0 Å². The Morgan fingerprint density at radius 1 is 1.40 bits per heavy atom. The normalized spacial score (nSPS) is 17.9. The van der Waals surface area contributed by atoms with Crippen LogP contribution in [0.25, 0.3) is 0 Å². The van der Waals surface area contributed by atoms with Crippen LogP contribution in [0.5, 0.6) is 0 Å². The third-order valence-electron chi connectivity index (χ3n) is 2.70. The van der Waals surface area contributed by atoms with Crippen LogP contribution >= 0.6 is 11.3 Å². The molecule has 0 aromatic carbocycles. The van der Waals surface area contributed by atoms with Gasteiger partial charge >= 0.3 is 5.97 Å². The molecule has 0 bridgehead atoms. The molecular weight excluding hydrogens is 306 g/mol. The molecule has 0 amide bonds. The van der Waals surface area contributed by atoms with Crippen molar-refractivity contribution in [3.63, 3.8) is 0 Å². The van der Waals surface area contributed by atoms with Gasteiger partial charge in [-0.3, -0.25) is 0 Å². The number of ether oxygens (including phenoxy) is 2. The van der Waals surface area contributed by atoms with Crippen LogP contribution in [0, 0.1) is 6.92 Å². The van der Waals surface area contributed by atoms with Crippen molar-refractivity contribution in [1.29, 1.82) is 0 Å². The zero-order valence-corrected chi connectivity index (χ0v) is 12.4. The second-order valence-corrected chi connectivity index (χ2v) is 7.24. The standard InChI is InChI=1S/C11H15NO6S2/c1-7-10(4-9(19-7)11(13)14)20(15,16)12-8-5-17-2-3-18-6-8/h4,8,12H,2-3,5-6H2,1H3,(H,13,14). The van der Waals surface area contributed by atoms with Gasteiger partial charge in [-0.05, 0) is 13.0 Å². The Morgan fingerprint density at radius 2 is 2.00 bits per heavy atom. The van der Waals surface area contributed by atoms with Crippen molar-refractivity contribution in [1.82, 2.24) is 4.72 Å². The van der Waals surface area contributed by atoms with Gasteiger partial charge in [0.05, 0.1) is 37.4 Å². The van der Waals surface area contributed by atoms with Gasteiger partial charge in [0.25, 0.3) is 0 Å².